The lowest BCUT2D eigenvalue weighted by atomic mass is 9.92. The summed E-state index contributed by atoms with van der Waals surface area (Å²) < 4.78 is 24.1. The summed E-state index contributed by atoms with van der Waals surface area (Å²) in [7, 11) is -2.99. The lowest BCUT2D eigenvalue weighted by Gasteiger charge is -2.39. The second-order valence-corrected chi connectivity index (χ2v) is 10.8. The fraction of sp³-hybridized carbons (Fsp3) is 0.667. The van der Waals surface area contributed by atoms with E-state index in [1.807, 2.05) is 4.90 Å². The fourth-order valence-electron chi connectivity index (χ4n) is 5.16. The lowest BCUT2D eigenvalue weighted by molar-refractivity contribution is -0.908. The van der Waals surface area contributed by atoms with Crippen molar-refractivity contribution in [2.45, 2.75) is 63.6 Å². The van der Waals surface area contributed by atoms with Crippen molar-refractivity contribution in [3.63, 3.8) is 0 Å². The molecule has 3 aliphatic rings. The van der Waals surface area contributed by atoms with E-state index >= 15 is 0 Å². The molecule has 2 fully saturated rings. The van der Waals surface area contributed by atoms with E-state index in [0.717, 1.165) is 45.2 Å². The van der Waals surface area contributed by atoms with Gasteiger partial charge in [-0.25, -0.2) is 8.42 Å². The molecule has 148 valence electrons. The van der Waals surface area contributed by atoms with Gasteiger partial charge in [0.2, 0.25) is 0 Å². The van der Waals surface area contributed by atoms with E-state index in [2.05, 4.69) is 24.3 Å². The predicted molar refractivity (Wildman–Crippen MR) is 105 cm³/mol. The minimum atomic E-state index is -2.99. The van der Waals surface area contributed by atoms with E-state index in [1.54, 1.807) is 0 Å². The molecule has 2 atom stereocenters. The molecule has 1 aliphatic carbocycles. The Bertz CT molecular complexity index is 786. The number of carbonyl (C=O) groups excluding carboxylic acids is 1. The highest BCUT2D eigenvalue weighted by Gasteiger charge is 2.39. The van der Waals surface area contributed by atoms with Crippen molar-refractivity contribution in [3.8, 4) is 0 Å². The number of fused-ring (bicyclic) bond motifs is 1. The highest BCUT2D eigenvalue weighted by atomic mass is 32.2. The summed E-state index contributed by atoms with van der Waals surface area (Å²) in [5.74, 6) is 0.560. The maximum Gasteiger partial charge on any atom is 0.278 e. The van der Waals surface area contributed by atoms with Crippen molar-refractivity contribution in [1.82, 2.24) is 4.90 Å². The number of nitrogens with zero attached hydrogens (tertiary/aromatic N) is 1. The van der Waals surface area contributed by atoms with Gasteiger partial charge in [-0.05, 0) is 24.8 Å². The second kappa shape index (κ2) is 7.92. The number of sulfone groups is 1. The van der Waals surface area contributed by atoms with Gasteiger partial charge in [0.05, 0.1) is 18.1 Å². The zero-order chi connectivity index (χ0) is 18.9. The quantitative estimate of drug-likeness (QED) is 0.832. The smallest absolute Gasteiger partial charge is 0.278 e. The Labute approximate surface area is 162 Å². The zero-order valence-electron chi connectivity index (χ0n) is 16.0. The zero-order valence-corrected chi connectivity index (χ0v) is 16.8. The Kier molecular flexibility index (Phi) is 5.55. The Morgan fingerprint density at radius 3 is 2.48 bits per heavy atom. The van der Waals surface area contributed by atoms with Gasteiger partial charge in [0.25, 0.3) is 5.91 Å². The molecular weight excluding hydrogens is 360 g/mol. The molecule has 6 heteroatoms. The molecule has 0 radical (unpaired) electrons. The number of carbonyl (C=O) groups is 1. The van der Waals surface area contributed by atoms with E-state index in [-0.39, 0.29) is 29.5 Å². The molecule has 2 aliphatic heterocycles. The van der Waals surface area contributed by atoms with Crippen molar-refractivity contribution in [1.29, 1.82) is 0 Å². The molecule has 1 aromatic carbocycles. The van der Waals surface area contributed by atoms with Crippen molar-refractivity contribution >= 4 is 15.7 Å². The van der Waals surface area contributed by atoms with Crippen molar-refractivity contribution in [2.24, 2.45) is 0 Å². The van der Waals surface area contributed by atoms with Crippen molar-refractivity contribution < 1.29 is 18.1 Å². The van der Waals surface area contributed by atoms with Crippen molar-refractivity contribution in [2.75, 3.05) is 24.6 Å². The van der Waals surface area contributed by atoms with Gasteiger partial charge in [0, 0.05) is 24.1 Å². The summed E-state index contributed by atoms with van der Waals surface area (Å²) in [5.41, 5.74) is 2.75. The lowest BCUT2D eigenvalue weighted by Crippen LogP contribution is -3.13. The summed E-state index contributed by atoms with van der Waals surface area (Å²) >= 11 is 0. The highest BCUT2D eigenvalue weighted by molar-refractivity contribution is 7.91. The summed E-state index contributed by atoms with van der Waals surface area (Å²) in [6.45, 7) is 2.36. The van der Waals surface area contributed by atoms with Gasteiger partial charge in [-0.15, -0.1) is 0 Å². The number of hydrogen-bond acceptors (Lipinski definition) is 3. The third-order valence-corrected chi connectivity index (χ3v) is 8.32. The van der Waals surface area contributed by atoms with Crippen LogP contribution >= 0.6 is 0 Å². The molecule has 1 amide bonds. The van der Waals surface area contributed by atoms with Gasteiger partial charge in [-0.1, -0.05) is 43.5 Å². The third-order valence-electron chi connectivity index (χ3n) is 6.57. The molecule has 0 aromatic heterocycles. The molecule has 5 nitrogen and oxygen atoms in total. The van der Waals surface area contributed by atoms with Crippen LogP contribution in [0.3, 0.4) is 0 Å². The Morgan fingerprint density at radius 1 is 1.04 bits per heavy atom. The Morgan fingerprint density at radius 2 is 1.78 bits per heavy atom. The van der Waals surface area contributed by atoms with Crippen LogP contribution < -0.4 is 4.90 Å². The predicted octanol–water partition coefficient (Wildman–Crippen LogP) is 0.976. The minimum absolute atomic E-state index is 0.109. The van der Waals surface area contributed by atoms with Crippen LogP contribution in [0.15, 0.2) is 24.3 Å². The van der Waals surface area contributed by atoms with E-state index < -0.39 is 9.84 Å². The number of quaternary nitrogens is 1. The van der Waals surface area contributed by atoms with Gasteiger partial charge < -0.3 is 9.80 Å². The van der Waals surface area contributed by atoms with E-state index in [4.69, 9.17) is 0 Å². The highest BCUT2D eigenvalue weighted by Crippen LogP contribution is 2.28. The first-order chi connectivity index (χ1) is 13.0. The maximum absolute atomic E-state index is 13.3. The average molecular weight is 392 g/mol. The van der Waals surface area contributed by atoms with Crippen LogP contribution in [0, 0.1) is 0 Å². The second-order valence-electron chi connectivity index (χ2n) is 8.52. The number of hydrogen-bond donors (Lipinski definition) is 1. The number of amides is 1. The van der Waals surface area contributed by atoms with Gasteiger partial charge >= 0.3 is 0 Å². The monoisotopic (exact) mass is 391 g/mol. The molecule has 0 spiro atoms. The van der Waals surface area contributed by atoms with Gasteiger partial charge in [0.15, 0.2) is 16.4 Å². The molecule has 27 heavy (non-hydrogen) atoms. The topological polar surface area (TPSA) is 58.9 Å². The normalized spacial score (nSPS) is 27.9. The molecule has 1 aromatic rings. The Hall–Kier alpha value is -1.40. The van der Waals surface area contributed by atoms with Crippen LogP contribution in [-0.4, -0.2) is 55.9 Å². The number of nitrogens with one attached hydrogen (secondary N) is 1. The fourth-order valence-corrected chi connectivity index (χ4v) is 6.87. The van der Waals surface area contributed by atoms with E-state index in [9.17, 15) is 13.2 Å². The molecular formula is C21H31N2O3S+. The Balaban J connectivity index is 1.47. The molecule has 1 unspecified atom stereocenters. The molecule has 1 saturated carbocycles. The summed E-state index contributed by atoms with van der Waals surface area (Å²) in [5, 5.41) is 0. The molecule has 1 N–H and O–H groups in total. The third kappa shape index (κ3) is 4.37. The first kappa shape index (κ1) is 18.9. The minimum Gasteiger partial charge on any atom is -0.331 e. The van der Waals surface area contributed by atoms with Crippen molar-refractivity contribution in [3.05, 3.63) is 35.4 Å². The van der Waals surface area contributed by atoms with Crippen LogP contribution in [0.2, 0.25) is 0 Å². The first-order valence-corrected chi connectivity index (χ1v) is 12.3. The average Bonchev–Trinajstić information content (AvgIpc) is 3.02. The summed E-state index contributed by atoms with van der Waals surface area (Å²) in [4.78, 5) is 16.6. The summed E-state index contributed by atoms with van der Waals surface area (Å²) in [6, 6.07) is 8.64. The largest absolute Gasteiger partial charge is 0.331 e. The van der Waals surface area contributed by atoms with E-state index in [1.165, 1.54) is 22.4 Å². The molecule has 0 bridgehead atoms. The van der Waals surface area contributed by atoms with Crippen LogP contribution in [0.25, 0.3) is 0 Å². The number of rotatable bonds is 4. The van der Waals surface area contributed by atoms with Crippen LogP contribution in [0.4, 0.5) is 0 Å². The standard InChI is InChI=1S/C21H30N2O3S/c24-21(15-22-12-10-17-6-4-5-7-18(17)14-22)23(19-8-2-1-3-9-19)20-11-13-27(25,26)16-20/h4-7,19-20H,1-3,8-16H2/p+1/t20-/m0/s1. The van der Waals surface area contributed by atoms with Crippen LogP contribution in [0.5, 0.6) is 0 Å². The summed E-state index contributed by atoms with van der Waals surface area (Å²) in [6.07, 6.45) is 7.22. The molecule has 1 saturated heterocycles. The van der Waals surface area contributed by atoms with Crippen LogP contribution in [-0.2, 0) is 27.6 Å². The SMILES string of the molecule is O=C(C[NH+]1CCc2ccccc2C1)N(C1CCCCC1)[C@H]1CCS(=O)(=O)C1. The molecule has 4 rings (SSSR count). The first-order valence-electron chi connectivity index (χ1n) is 10.4. The van der Waals surface area contributed by atoms with Gasteiger partial charge in [-0.3, -0.25) is 4.79 Å². The van der Waals surface area contributed by atoms with Crippen LogP contribution in [0.1, 0.15) is 49.7 Å². The van der Waals surface area contributed by atoms with E-state index in [0.29, 0.717) is 13.0 Å². The maximum atomic E-state index is 13.3. The molecule has 2 heterocycles. The van der Waals surface area contributed by atoms with Gasteiger partial charge in [0.1, 0.15) is 6.54 Å². The van der Waals surface area contributed by atoms with Gasteiger partial charge in [-0.2, -0.15) is 0 Å². The number of benzene rings is 1.